The Labute approximate surface area is 67.6 Å². The molecule has 0 unspecified atom stereocenters. The third kappa shape index (κ3) is 1.49. The fraction of sp³-hybridized carbons (Fsp3) is 0. The summed E-state index contributed by atoms with van der Waals surface area (Å²) in [5, 5.41) is 17.2. The monoisotopic (exact) mass is 163 g/mol. The minimum absolute atomic E-state index is 0.0148. The van der Waals surface area contributed by atoms with E-state index in [2.05, 4.69) is 9.97 Å². The van der Waals surface area contributed by atoms with Crippen molar-refractivity contribution in [2.75, 3.05) is 0 Å². The van der Waals surface area contributed by atoms with Gasteiger partial charge in [-0.15, -0.1) is 0 Å². The number of allylic oxidation sites excluding steroid dienone is 1. The van der Waals surface area contributed by atoms with Crippen LogP contribution >= 0.6 is 0 Å². The van der Waals surface area contributed by atoms with Gasteiger partial charge in [-0.05, 0) is 6.08 Å². The highest BCUT2D eigenvalue weighted by Crippen LogP contribution is 2.07. The maximum absolute atomic E-state index is 10.9. The van der Waals surface area contributed by atoms with Crippen LogP contribution in [-0.4, -0.2) is 15.1 Å². The van der Waals surface area contributed by atoms with Gasteiger partial charge in [-0.25, -0.2) is 4.98 Å². The zero-order valence-electron chi connectivity index (χ0n) is 5.98. The van der Waals surface area contributed by atoms with Crippen molar-refractivity contribution in [3.8, 4) is 11.9 Å². The smallest absolute Gasteiger partial charge is 0.261 e. The minimum Gasteiger partial charge on any atom is -0.493 e. The second-order valence-electron chi connectivity index (χ2n) is 1.93. The van der Waals surface area contributed by atoms with Gasteiger partial charge < -0.3 is 10.1 Å². The van der Waals surface area contributed by atoms with Gasteiger partial charge in [-0.3, -0.25) is 4.79 Å². The van der Waals surface area contributed by atoms with Crippen LogP contribution in [0.3, 0.4) is 0 Å². The Morgan fingerprint density at radius 3 is 3.08 bits per heavy atom. The Kier molecular flexibility index (Phi) is 2.23. The van der Waals surface area contributed by atoms with Gasteiger partial charge in [0, 0.05) is 6.08 Å². The summed E-state index contributed by atoms with van der Waals surface area (Å²) in [5.41, 5.74) is -0.493. The molecule has 0 aromatic carbocycles. The maximum Gasteiger partial charge on any atom is 0.261 e. The number of nitriles is 1. The molecule has 0 amide bonds. The number of rotatable bonds is 1. The van der Waals surface area contributed by atoms with Gasteiger partial charge in [-0.1, -0.05) is 0 Å². The van der Waals surface area contributed by atoms with Crippen molar-refractivity contribution < 1.29 is 5.11 Å². The van der Waals surface area contributed by atoms with Crippen molar-refractivity contribution in [3.05, 3.63) is 28.3 Å². The molecule has 0 aliphatic carbocycles. The van der Waals surface area contributed by atoms with Crippen LogP contribution in [0.2, 0.25) is 0 Å². The lowest BCUT2D eigenvalue weighted by molar-refractivity contribution is 0.449. The van der Waals surface area contributed by atoms with E-state index in [0.29, 0.717) is 0 Å². The zero-order chi connectivity index (χ0) is 8.97. The Balaban J connectivity index is 3.24. The molecule has 0 aliphatic rings. The van der Waals surface area contributed by atoms with Crippen molar-refractivity contribution in [2.24, 2.45) is 0 Å². The van der Waals surface area contributed by atoms with Crippen LogP contribution < -0.4 is 5.56 Å². The molecule has 1 heterocycles. The summed E-state index contributed by atoms with van der Waals surface area (Å²) in [6.07, 6.45) is 3.37. The number of nitrogens with zero attached hydrogens (tertiary/aromatic N) is 2. The summed E-state index contributed by atoms with van der Waals surface area (Å²) < 4.78 is 0. The van der Waals surface area contributed by atoms with E-state index in [1.54, 1.807) is 6.07 Å². The van der Waals surface area contributed by atoms with Crippen molar-refractivity contribution in [3.63, 3.8) is 0 Å². The van der Waals surface area contributed by atoms with E-state index in [1.165, 1.54) is 6.08 Å². The molecule has 5 heteroatoms. The molecule has 0 bridgehead atoms. The van der Waals surface area contributed by atoms with E-state index >= 15 is 0 Å². The van der Waals surface area contributed by atoms with Crippen molar-refractivity contribution in [1.29, 1.82) is 5.26 Å². The standard InChI is InChI=1S/C7H5N3O2/c8-3-1-2-5-6(11)9-4-10-7(5)12/h1-2,4H,(H2,9,10,11,12). The molecule has 1 aromatic rings. The zero-order valence-corrected chi connectivity index (χ0v) is 5.98. The lowest BCUT2D eigenvalue weighted by atomic mass is 10.3. The summed E-state index contributed by atoms with van der Waals surface area (Å²) in [5.74, 6) is -0.384. The van der Waals surface area contributed by atoms with Crippen molar-refractivity contribution in [2.45, 2.75) is 0 Å². The highest BCUT2D eigenvalue weighted by Gasteiger charge is 2.01. The molecule has 0 saturated heterocycles. The summed E-state index contributed by atoms with van der Waals surface area (Å²) in [6, 6.07) is 1.70. The van der Waals surface area contributed by atoms with Gasteiger partial charge in [0.25, 0.3) is 5.56 Å². The molecule has 1 rings (SSSR count). The molecule has 60 valence electrons. The van der Waals surface area contributed by atoms with E-state index in [9.17, 15) is 4.79 Å². The molecule has 0 radical (unpaired) electrons. The Morgan fingerprint density at radius 2 is 2.50 bits per heavy atom. The van der Waals surface area contributed by atoms with Crippen LogP contribution in [0.15, 0.2) is 17.2 Å². The molecule has 0 spiro atoms. The second-order valence-corrected chi connectivity index (χ2v) is 1.93. The second kappa shape index (κ2) is 3.34. The van der Waals surface area contributed by atoms with E-state index in [0.717, 1.165) is 12.4 Å². The molecule has 0 fully saturated rings. The van der Waals surface area contributed by atoms with Crippen LogP contribution in [0.1, 0.15) is 5.56 Å². The van der Waals surface area contributed by atoms with Crippen LogP contribution in [0.25, 0.3) is 6.08 Å². The first kappa shape index (κ1) is 8.01. The number of H-pyrrole nitrogens is 1. The molecule has 0 aliphatic heterocycles. The lowest BCUT2D eigenvalue weighted by Crippen LogP contribution is -2.09. The number of hydrogen-bond donors (Lipinski definition) is 2. The van der Waals surface area contributed by atoms with E-state index < -0.39 is 5.56 Å². The van der Waals surface area contributed by atoms with Gasteiger partial charge in [0.05, 0.1) is 12.4 Å². The fourth-order valence-electron chi connectivity index (χ4n) is 0.672. The summed E-state index contributed by atoms with van der Waals surface area (Å²) >= 11 is 0. The first-order valence-electron chi connectivity index (χ1n) is 3.08. The highest BCUT2D eigenvalue weighted by atomic mass is 16.3. The molecule has 5 nitrogen and oxygen atoms in total. The number of aromatic nitrogens is 2. The van der Waals surface area contributed by atoms with Crippen LogP contribution in [-0.2, 0) is 0 Å². The van der Waals surface area contributed by atoms with E-state index in [1.807, 2.05) is 0 Å². The fourth-order valence-corrected chi connectivity index (χ4v) is 0.672. The first-order valence-corrected chi connectivity index (χ1v) is 3.08. The molecule has 2 N–H and O–H groups in total. The van der Waals surface area contributed by atoms with E-state index in [-0.39, 0.29) is 11.4 Å². The number of aromatic amines is 1. The Morgan fingerprint density at radius 1 is 1.75 bits per heavy atom. The lowest BCUT2D eigenvalue weighted by Gasteiger charge is -1.92. The largest absolute Gasteiger partial charge is 0.493 e. The van der Waals surface area contributed by atoms with Gasteiger partial charge in [0.15, 0.2) is 0 Å². The van der Waals surface area contributed by atoms with Crippen LogP contribution in [0.4, 0.5) is 0 Å². The quantitative estimate of drug-likeness (QED) is 0.570. The average molecular weight is 163 g/mol. The Bertz CT molecular complexity index is 400. The van der Waals surface area contributed by atoms with E-state index in [4.69, 9.17) is 10.4 Å². The third-order valence-electron chi connectivity index (χ3n) is 1.19. The minimum atomic E-state index is -0.478. The molecule has 0 saturated carbocycles. The van der Waals surface area contributed by atoms with Crippen LogP contribution in [0, 0.1) is 11.3 Å². The molecule has 1 aromatic heterocycles. The molecule has 0 atom stereocenters. The summed E-state index contributed by atoms with van der Waals surface area (Å²) in [7, 11) is 0. The number of aromatic hydroxyl groups is 1. The normalized spacial score (nSPS) is 9.92. The van der Waals surface area contributed by atoms with Crippen molar-refractivity contribution in [1.82, 2.24) is 9.97 Å². The SMILES string of the molecule is N#CC=Cc1c(O)nc[nH]c1=O. The van der Waals surface area contributed by atoms with Gasteiger partial charge in [0.2, 0.25) is 5.88 Å². The number of nitrogens with one attached hydrogen (secondary N) is 1. The predicted octanol–water partition coefficient (Wildman–Crippen LogP) is 0.0123. The highest BCUT2D eigenvalue weighted by molar-refractivity contribution is 5.54. The summed E-state index contributed by atoms with van der Waals surface area (Å²) in [4.78, 5) is 16.6. The predicted molar refractivity (Wildman–Crippen MR) is 41.2 cm³/mol. The van der Waals surface area contributed by atoms with Crippen LogP contribution in [0.5, 0.6) is 5.88 Å². The first-order chi connectivity index (χ1) is 5.75. The Hall–Kier alpha value is -2.09. The molecule has 12 heavy (non-hydrogen) atoms. The van der Waals surface area contributed by atoms with Gasteiger partial charge >= 0.3 is 0 Å². The van der Waals surface area contributed by atoms with Gasteiger partial charge in [-0.2, -0.15) is 5.26 Å². The third-order valence-corrected chi connectivity index (χ3v) is 1.19. The molecular formula is C7H5N3O2. The summed E-state index contributed by atoms with van der Waals surface area (Å²) in [6.45, 7) is 0. The average Bonchev–Trinajstić information content (AvgIpc) is 2.04. The maximum atomic E-state index is 10.9. The molecular weight excluding hydrogens is 158 g/mol. The topological polar surface area (TPSA) is 89.8 Å². The van der Waals surface area contributed by atoms with Crippen molar-refractivity contribution >= 4 is 6.08 Å². The number of hydrogen-bond acceptors (Lipinski definition) is 4. The van der Waals surface area contributed by atoms with Gasteiger partial charge in [0.1, 0.15) is 5.56 Å².